The quantitative estimate of drug-likeness (QED) is 0.803. The third-order valence-corrected chi connectivity index (χ3v) is 3.26. The number of carbonyl (C=O) groups excluding carboxylic acids is 1. The first-order valence-corrected chi connectivity index (χ1v) is 6.45. The minimum absolute atomic E-state index is 0.0551. The predicted molar refractivity (Wildman–Crippen MR) is 70.1 cm³/mol. The molecule has 0 saturated carbocycles. The van der Waals surface area contributed by atoms with Gasteiger partial charge in [-0.1, -0.05) is 13.8 Å². The Morgan fingerprint density at radius 1 is 1.56 bits per heavy atom. The number of fused-ring (bicyclic) bond motifs is 1. The lowest BCUT2D eigenvalue weighted by atomic mass is 10.1. The van der Waals surface area contributed by atoms with E-state index < -0.39 is 0 Å². The minimum Gasteiger partial charge on any atom is -0.334 e. The second kappa shape index (κ2) is 5.10. The average molecular weight is 250 g/mol. The molecule has 1 amide bonds. The number of rotatable bonds is 3. The van der Waals surface area contributed by atoms with Gasteiger partial charge in [0.15, 0.2) is 0 Å². The zero-order valence-corrected chi connectivity index (χ0v) is 11.6. The lowest BCUT2D eigenvalue weighted by Gasteiger charge is -2.36. The van der Waals surface area contributed by atoms with Gasteiger partial charge in [0, 0.05) is 25.2 Å². The van der Waals surface area contributed by atoms with Crippen LogP contribution in [0.5, 0.6) is 0 Å². The summed E-state index contributed by atoms with van der Waals surface area (Å²) < 4.78 is 2.06. The molecule has 18 heavy (non-hydrogen) atoms. The fourth-order valence-corrected chi connectivity index (χ4v) is 2.48. The fourth-order valence-electron chi connectivity index (χ4n) is 2.48. The maximum absolute atomic E-state index is 12.1. The van der Waals surface area contributed by atoms with E-state index in [4.69, 9.17) is 0 Å². The first-order chi connectivity index (χ1) is 8.49. The largest absolute Gasteiger partial charge is 0.334 e. The molecule has 0 radical (unpaired) electrons. The molecule has 1 unspecified atom stereocenters. The van der Waals surface area contributed by atoms with E-state index in [0.717, 1.165) is 18.8 Å². The molecule has 0 bridgehead atoms. The fraction of sp³-hybridized carbons (Fsp3) is 0.692. The van der Waals surface area contributed by atoms with Crippen molar-refractivity contribution in [1.82, 2.24) is 19.6 Å². The van der Waals surface area contributed by atoms with Crippen LogP contribution in [-0.4, -0.2) is 52.7 Å². The van der Waals surface area contributed by atoms with E-state index in [1.54, 1.807) is 0 Å². The molecule has 5 heteroatoms. The van der Waals surface area contributed by atoms with Crippen LogP contribution in [0.3, 0.4) is 0 Å². The van der Waals surface area contributed by atoms with Crippen molar-refractivity contribution in [1.29, 1.82) is 0 Å². The number of likely N-dealkylation sites (N-methyl/N-ethyl adjacent to an activating group) is 1. The predicted octanol–water partition coefficient (Wildman–Crippen LogP) is 0.984. The number of hydrogen-bond donors (Lipinski definition) is 0. The monoisotopic (exact) mass is 250 g/mol. The van der Waals surface area contributed by atoms with Crippen molar-refractivity contribution in [3.63, 3.8) is 0 Å². The van der Waals surface area contributed by atoms with Crippen LogP contribution in [0.15, 0.2) is 12.3 Å². The third kappa shape index (κ3) is 2.56. The van der Waals surface area contributed by atoms with Crippen LogP contribution in [0.1, 0.15) is 25.6 Å². The van der Waals surface area contributed by atoms with Crippen LogP contribution in [0.25, 0.3) is 0 Å². The summed E-state index contributed by atoms with van der Waals surface area (Å²) in [4.78, 5) is 16.2. The molecule has 0 saturated heterocycles. The van der Waals surface area contributed by atoms with Crippen molar-refractivity contribution >= 4 is 5.91 Å². The van der Waals surface area contributed by atoms with E-state index in [1.807, 2.05) is 45.1 Å². The average Bonchev–Trinajstić information content (AvgIpc) is 2.75. The van der Waals surface area contributed by atoms with Crippen LogP contribution in [0, 0.1) is 5.92 Å². The second-order valence-corrected chi connectivity index (χ2v) is 5.56. The number of amides is 1. The van der Waals surface area contributed by atoms with Gasteiger partial charge in [-0.25, -0.2) is 0 Å². The molecule has 0 aromatic carbocycles. The highest BCUT2D eigenvalue weighted by molar-refractivity contribution is 5.78. The maximum atomic E-state index is 12.1. The van der Waals surface area contributed by atoms with Crippen molar-refractivity contribution in [3.8, 4) is 0 Å². The van der Waals surface area contributed by atoms with E-state index >= 15 is 0 Å². The molecule has 2 rings (SSSR count). The Hall–Kier alpha value is -1.36. The topological polar surface area (TPSA) is 41.4 Å². The van der Waals surface area contributed by atoms with Crippen LogP contribution >= 0.6 is 0 Å². The lowest BCUT2D eigenvalue weighted by Crippen LogP contribution is -2.45. The highest BCUT2D eigenvalue weighted by Gasteiger charge is 2.29. The lowest BCUT2D eigenvalue weighted by molar-refractivity contribution is -0.136. The van der Waals surface area contributed by atoms with Gasteiger partial charge in [0.1, 0.15) is 0 Å². The van der Waals surface area contributed by atoms with Gasteiger partial charge >= 0.3 is 0 Å². The molecule has 2 heterocycles. The maximum Gasteiger partial charge on any atom is 0.225 e. The molecule has 0 aliphatic carbocycles. The van der Waals surface area contributed by atoms with Crippen molar-refractivity contribution in [2.75, 3.05) is 27.2 Å². The Morgan fingerprint density at radius 2 is 2.28 bits per heavy atom. The van der Waals surface area contributed by atoms with Crippen LogP contribution in [0.2, 0.25) is 0 Å². The molecule has 1 aliphatic rings. The smallest absolute Gasteiger partial charge is 0.225 e. The number of aromatic nitrogens is 2. The van der Waals surface area contributed by atoms with E-state index in [-0.39, 0.29) is 17.9 Å². The summed E-state index contributed by atoms with van der Waals surface area (Å²) in [7, 11) is 4.10. The van der Waals surface area contributed by atoms with Crippen LogP contribution in [-0.2, 0) is 11.3 Å². The van der Waals surface area contributed by atoms with Crippen molar-refractivity contribution in [2.24, 2.45) is 5.92 Å². The molecule has 5 nitrogen and oxygen atoms in total. The van der Waals surface area contributed by atoms with Crippen molar-refractivity contribution in [2.45, 2.75) is 26.4 Å². The molecular formula is C13H22N4O. The summed E-state index contributed by atoms with van der Waals surface area (Å²) in [6.07, 6.45) is 1.82. The van der Waals surface area contributed by atoms with E-state index in [9.17, 15) is 4.79 Å². The Kier molecular flexibility index (Phi) is 3.71. The summed E-state index contributed by atoms with van der Waals surface area (Å²) in [6.45, 7) is 6.24. The second-order valence-electron chi connectivity index (χ2n) is 5.56. The standard InChI is InChI=1S/C13H22N4O/c1-10(2)13(18)16-8-11-5-6-14-17(11)12(9-16)7-15(3)4/h5-6,10,12H,7-9H2,1-4H3. The first kappa shape index (κ1) is 13.1. The van der Waals surface area contributed by atoms with E-state index in [1.165, 1.54) is 0 Å². The molecule has 0 spiro atoms. The number of nitrogens with zero attached hydrogens (tertiary/aromatic N) is 4. The Labute approximate surface area is 108 Å². The summed E-state index contributed by atoms with van der Waals surface area (Å²) in [5.41, 5.74) is 1.13. The Bertz CT molecular complexity index is 424. The zero-order chi connectivity index (χ0) is 13.3. The third-order valence-electron chi connectivity index (χ3n) is 3.26. The Balaban J connectivity index is 2.20. The van der Waals surface area contributed by atoms with Gasteiger partial charge in [-0.15, -0.1) is 0 Å². The number of carbonyl (C=O) groups is 1. The van der Waals surface area contributed by atoms with Gasteiger partial charge in [0.2, 0.25) is 5.91 Å². The van der Waals surface area contributed by atoms with E-state index in [2.05, 4.69) is 14.7 Å². The summed E-state index contributed by atoms with van der Waals surface area (Å²) in [5.74, 6) is 0.283. The SMILES string of the molecule is CC(C)C(=O)N1Cc2ccnn2C(CN(C)C)C1. The van der Waals surface area contributed by atoms with Gasteiger partial charge in [-0.05, 0) is 20.2 Å². The van der Waals surface area contributed by atoms with Crippen LogP contribution in [0.4, 0.5) is 0 Å². The number of hydrogen-bond acceptors (Lipinski definition) is 3. The summed E-state index contributed by atoms with van der Waals surface area (Å²) in [6, 6.07) is 2.25. The zero-order valence-electron chi connectivity index (χ0n) is 11.6. The van der Waals surface area contributed by atoms with Gasteiger partial charge < -0.3 is 9.80 Å². The minimum atomic E-state index is 0.0551. The highest BCUT2D eigenvalue weighted by atomic mass is 16.2. The summed E-state index contributed by atoms with van der Waals surface area (Å²) >= 11 is 0. The molecule has 1 aliphatic heterocycles. The highest BCUT2D eigenvalue weighted by Crippen LogP contribution is 2.22. The normalized spacial score (nSPS) is 19.4. The first-order valence-electron chi connectivity index (χ1n) is 6.45. The van der Waals surface area contributed by atoms with Crippen molar-refractivity contribution in [3.05, 3.63) is 18.0 Å². The molecule has 100 valence electrons. The van der Waals surface area contributed by atoms with Crippen LogP contribution < -0.4 is 0 Å². The van der Waals surface area contributed by atoms with Crippen molar-refractivity contribution < 1.29 is 4.79 Å². The molecule has 0 fully saturated rings. The molecule has 0 N–H and O–H groups in total. The van der Waals surface area contributed by atoms with Gasteiger partial charge in [0.05, 0.1) is 18.3 Å². The molecule has 1 atom stereocenters. The van der Waals surface area contributed by atoms with E-state index in [0.29, 0.717) is 6.54 Å². The summed E-state index contributed by atoms with van der Waals surface area (Å²) in [5, 5.41) is 4.38. The van der Waals surface area contributed by atoms with Gasteiger partial charge in [-0.2, -0.15) is 5.10 Å². The molecule has 1 aromatic rings. The molecule has 1 aromatic heterocycles. The Morgan fingerprint density at radius 3 is 2.89 bits per heavy atom. The molecular weight excluding hydrogens is 228 g/mol. The van der Waals surface area contributed by atoms with Gasteiger partial charge in [-0.3, -0.25) is 9.48 Å². The van der Waals surface area contributed by atoms with Gasteiger partial charge in [0.25, 0.3) is 0 Å².